The van der Waals surface area contributed by atoms with Gasteiger partial charge in [0.1, 0.15) is 13.2 Å². The Labute approximate surface area is 491 Å². The maximum absolute atomic E-state index is 12.9. The third kappa shape index (κ3) is 65.8. The molecule has 0 aliphatic heterocycles. The molecule has 79 heavy (non-hydrogen) atoms. The van der Waals surface area contributed by atoms with E-state index in [1.165, 1.54) is 250 Å². The number of allylic oxidation sites excluding steroid dienone is 10. The van der Waals surface area contributed by atoms with Gasteiger partial charge in [-0.3, -0.25) is 14.4 Å². The van der Waals surface area contributed by atoms with E-state index < -0.39 is 6.10 Å². The van der Waals surface area contributed by atoms with Crippen LogP contribution in [0, 0.1) is 0 Å². The molecular formula is C73H132O6. The second-order valence-corrected chi connectivity index (χ2v) is 23.4. The molecule has 0 spiro atoms. The van der Waals surface area contributed by atoms with Crippen LogP contribution in [0.2, 0.25) is 0 Å². The van der Waals surface area contributed by atoms with E-state index in [0.717, 1.165) is 77.0 Å². The molecule has 0 rings (SSSR count). The highest BCUT2D eigenvalue weighted by Crippen LogP contribution is 2.17. The summed E-state index contributed by atoms with van der Waals surface area (Å²) in [6.07, 6.45) is 86.7. The van der Waals surface area contributed by atoms with Gasteiger partial charge in [0, 0.05) is 19.3 Å². The molecule has 6 heteroatoms. The number of hydrogen-bond acceptors (Lipinski definition) is 6. The third-order valence-electron chi connectivity index (χ3n) is 15.5. The number of carbonyl (C=O) groups excluding carboxylic acids is 3. The molecule has 0 saturated heterocycles. The molecule has 1 unspecified atom stereocenters. The molecule has 0 bridgehead atoms. The fourth-order valence-corrected chi connectivity index (χ4v) is 10.2. The van der Waals surface area contributed by atoms with Crippen molar-refractivity contribution < 1.29 is 28.6 Å². The number of hydrogen-bond donors (Lipinski definition) is 0. The quantitative estimate of drug-likeness (QED) is 0.0261. The minimum absolute atomic E-state index is 0.0718. The van der Waals surface area contributed by atoms with Gasteiger partial charge in [-0.25, -0.2) is 0 Å². The van der Waals surface area contributed by atoms with E-state index in [1.807, 2.05) is 0 Å². The van der Waals surface area contributed by atoms with E-state index >= 15 is 0 Å². The second kappa shape index (κ2) is 67.6. The molecule has 0 saturated carbocycles. The molecule has 0 N–H and O–H groups in total. The third-order valence-corrected chi connectivity index (χ3v) is 15.5. The van der Waals surface area contributed by atoms with Gasteiger partial charge in [-0.1, -0.05) is 319 Å². The molecule has 1 atom stereocenters. The van der Waals surface area contributed by atoms with E-state index in [4.69, 9.17) is 14.2 Å². The molecule has 0 heterocycles. The van der Waals surface area contributed by atoms with Gasteiger partial charge >= 0.3 is 17.9 Å². The maximum Gasteiger partial charge on any atom is 0.306 e. The molecule has 0 aliphatic carbocycles. The minimum atomic E-state index is -0.775. The Morgan fingerprint density at radius 1 is 0.253 bits per heavy atom. The lowest BCUT2D eigenvalue weighted by molar-refractivity contribution is -0.167. The zero-order valence-corrected chi connectivity index (χ0v) is 52.9. The first-order valence-corrected chi connectivity index (χ1v) is 34.8. The summed E-state index contributed by atoms with van der Waals surface area (Å²) in [5.74, 6) is -0.856. The summed E-state index contributed by atoms with van der Waals surface area (Å²) >= 11 is 0. The van der Waals surface area contributed by atoms with Crippen LogP contribution in [-0.2, 0) is 28.6 Å². The van der Waals surface area contributed by atoms with Crippen LogP contribution in [0.15, 0.2) is 60.8 Å². The standard InChI is InChI=1S/C73H132O6/c1-4-7-10-13-16-19-22-24-26-28-30-32-33-34-35-36-37-38-39-41-42-44-46-48-51-54-57-60-63-66-72(75)78-69-70(68-77-71(74)65-62-59-56-53-50-21-18-15-12-9-6-3)79-73(76)67-64-61-58-55-52-49-47-45-43-40-31-29-27-25-23-20-17-14-11-8-5-2/h22-25,28-31,33-34,70H,4-21,26-27,32,35-69H2,1-3H3/b24-22-,25-23-,30-28-,31-29-,34-33-. The minimum Gasteiger partial charge on any atom is -0.462 e. The van der Waals surface area contributed by atoms with Gasteiger partial charge in [0.2, 0.25) is 0 Å². The SMILES string of the molecule is CCCCCCC/C=C\C/C=C\C/C=C\CCCCCCCCCCCCCCCCC(=O)OCC(COC(=O)CCCCCCCCCCCCC)OC(=O)CCCCCCCCCCC/C=C\C/C=C\CCCCCCC. The average Bonchev–Trinajstić information content (AvgIpc) is 3.45. The maximum atomic E-state index is 12.9. The number of rotatable bonds is 64. The van der Waals surface area contributed by atoms with Gasteiger partial charge in [-0.2, -0.15) is 0 Å². The number of ether oxygens (including phenoxy) is 3. The number of esters is 3. The average molecular weight is 1110 g/mol. The number of carbonyl (C=O) groups is 3. The van der Waals surface area contributed by atoms with E-state index in [-0.39, 0.29) is 31.1 Å². The Hall–Kier alpha value is -2.89. The zero-order valence-electron chi connectivity index (χ0n) is 52.9. The van der Waals surface area contributed by atoms with Gasteiger partial charge in [0.25, 0.3) is 0 Å². The highest BCUT2D eigenvalue weighted by Gasteiger charge is 2.19. The van der Waals surface area contributed by atoms with Gasteiger partial charge < -0.3 is 14.2 Å². The Kier molecular flexibility index (Phi) is 65.1. The summed E-state index contributed by atoms with van der Waals surface area (Å²) in [5.41, 5.74) is 0. The van der Waals surface area contributed by atoms with E-state index in [9.17, 15) is 14.4 Å². The normalized spacial score (nSPS) is 12.4. The van der Waals surface area contributed by atoms with Crippen LogP contribution in [0.1, 0.15) is 367 Å². The first-order chi connectivity index (χ1) is 39.0. The van der Waals surface area contributed by atoms with Crippen LogP contribution in [0.25, 0.3) is 0 Å². The van der Waals surface area contributed by atoms with Crippen molar-refractivity contribution in [3.63, 3.8) is 0 Å². The highest BCUT2D eigenvalue weighted by atomic mass is 16.6. The van der Waals surface area contributed by atoms with Crippen molar-refractivity contribution in [1.82, 2.24) is 0 Å². The van der Waals surface area contributed by atoms with Crippen molar-refractivity contribution in [1.29, 1.82) is 0 Å². The molecule has 0 aliphatic rings. The van der Waals surface area contributed by atoms with Crippen LogP contribution in [0.4, 0.5) is 0 Å². The lowest BCUT2D eigenvalue weighted by Gasteiger charge is -2.18. The molecule has 0 aromatic heterocycles. The summed E-state index contributed by atoms with van der Waals surface area (Å²) in [6.45, 7) is 6.66. The van der Waals surface area contributed by atoms with E-state index in [2.05, 4.69) is 81.5 Å². The van der Waals surface area contributed by atoms with Crippen molar-refractivity contribution in [3.8, 4) is 0 Å². The highest BCUT2D eigenvalue weighted by molar-refractivity contribution is 5.71. The van der Waals surface area contributed by atoms with Crippen LogP contribution in [0.3, 0.4) is 0 Å². The largest absolute Gasteiger partial charge is 0.462 e. The topological polar surface area (TPSA) is 78.9 Å². The van der Waals surface area contributed by atoms with Crippen LogP contribution in [-0.4, -0.2) is 37.2 Å². The van der Waals surface area contributed by atoms with Gasteiger partial charge in [0.15, 0.2) is 6.10 Å². The van der Waals surface area contributed by atoms with Gasteiger partial charge in [-0.05, 0) is 89.9 Å². The summed E-state index contributed by atoms with van der Waals surface area (Å²) in [5, 5.41) is 0. The van der Waals surface area contributed by atoms with Crippen LogP contribution in [0.5, 0.6) is 0 Å². The zero-order chi connectivity index (χ0) is 57.1. The lowest BCUT2D eigenvalue weighted by Crippen LogP contribution is -2.30. The first-order valence-electron chi connectivity index (χ1n) is 34.8. The Morgan fingerprint density at radius 3 is 0.709 bits per heavy atom. The molecular weight excluding hydrogens is 973 g/mol. The summed E-state index contributed by atoms with van der Waals surface area (Å²) in [4.78, 5) is 38.3. The molecule has 0 amide bonds. The van der Waals surface area contributed by atoms with Crippen molar-refractivity contribution in [2.24, 2.45) is 0 Å². The van der Waals surface area contributed by atoms with Crippen LogP contribution >= 0.6 is 0 Å². The monoisotopic (exact) mass is 1110 g/mol. The lowest BCUT2D eigenvalue weighted by atomic mass is 10.0. The van der Waals surface area contributed by atoms with E-state index in [1.54, 1.807) is 0 Å². The van der Waals surface area contributed by atoms with Crippen molar-refractivity contribution in [3.05, 3.63) is 60.8 Å². The molecule has 0 radical (unpaired) electrons. The molecule has 460 valence electrons. The Bertz CT molecular complexity index is 1410. The second-order valence-electron chi connectivity index (χ2n) is 23.4. The van der Waals surface area contributed by atoms with E-state index in [0.29, 0.717) is 19.3 Å². The van der Waals surface area contributed by atoms with Crippen LogP contribution < -0.4 is 0 Å². The van der Waals surface area contributed by atoms with Crippen molar-refractivity contribution in [2.75, 3.05) is 13.2 Å². The fourth-order valence-electron chi connectivity index (χ4n) is 10.2. The Morgan fingerprint density at radius 2 is 0.456 bits per heavy atom. The molecule has 0 aromatic carbocycles. The molecule has 6 nitrogen and oxygen atoms in total. The summed E-state index contributed by atoms with van der Waals surface area (Å²) in [7, 11) is 0. The fraction of sp³-hybridized carbons (Fsp3) is 0.822. The number of unbranched alkanes of at least 4 members (excludes halogenated alkanes) is 43. The smallest absolute Gasteiger partial charge is 0.306 e. The van der Waals surface area contributed by atoms with Gasteiger partial charge in [0.05, 0.1) is 0 Å². The predicted molar refractivity (Wildman–Crippen MR) is 344 cm³/mol. The Balaban J connectivity index is 4.20. The van der Waals surface area contributed by atoms with Crippen molar-refractivity contribution >= 4 is 17.9 Å². The van der Waals surface area contributed by atoms with Crippen molar-refractivity contribution in [2.45, 2.75) is 374 Å². The molecule has 0 fully saturated rings. The first kappa shape index (κ1) is 76.1. The predicted octanol–water partition coefficient (Wildman–Crippen LogP) is 23.9. The van der Waals surface area contributed by atoms with Gasteiger partial charge in [-0.15, -0.1) is 0 Å². The summed E-state index contributed by atoms with van der Waals surface area (Å²) < 4.78 is 17.0. The summed E-state index contributed by atoms with van der Waals surface area (Å²) in [6, 6.07) is 0. The molecule has 0 aromatic rings.